The van der Waals surface area contributed by atoms with E-state index in [0.29, 0.717) is 5.88 Å². The molecule has 1 amide bonds. The molecule has 1 fully saturated rings. The van der Waals surface area contributed by atoms with Gasteiger partial charge in [-0.05, 0) is 5.57 Å². The summed E-state index contributed by atoms with van der Waals surface area (Å²) in [6, 6.07) is -0.303. The summed E-state index contributed by atoms with van der Waals surface area (Å²) < 4.78 is 0. The predicted octanol–water partition coefficient (Wildman–Crippen LogP) is 0.351. The largest absolute Gasteiger partial charge is 0.317 e. The van der Waals surface area contributed by atoms with Crippen LogP contribution in [0.15, 0.2) is 11.8 Å². The number of rotatable bonds is 1. The number of alkyl halides is 1. The van der Waals surface area contributed by atoms with E-state index in [1.165, 1.54) is 0 Å². The Bertz CT molecular complexity index is 256. The van der Waals surface area contributed by atoms with Crippen molar-refractivity contribution in [2.24, 2.45) is 5.73 Å². The molecule has 0 spiro atoms. The maximum Gasteiger partial charge on any atom is 0.247 e. The highest BCUT2D eigenvalue weighted by molar-refractivity contribution is 8.00. The Hall–Kier alpha value is -0.190. The highest BCUT2D eigenvalue weighted by Crippen LogP contribution is 2.34. The molecule has 2 atom stereocenters. The lowest BCUT2D eigenvalue weighted by molar-refractivity contribution is -0.140. The van der Waals surface area contributed by atoms with E-state index < -0.39 is 0 Å². The molecule has 5 heteroatoms. The summed E-state index contributed by atoms with van der Waals surface area (Å²) in [5.74, 6) is 1.40. The van der Waals surface area contributed by atoms with Gasteiger partial charge in [0.05, 0.1) is 0 Å². The molecule has 0 aliphatic carbocycles. The third-order valence-electron chi connectivity index (χ3n) is 2.05. The van der Waals surface area contributed by atoms with Gasteiger partial charge in [-0.1, -0.05) is 0 Å². The molecule has 2 N–H and O–H groups in total. The van der Waals surface area contributed by atoms with Gasteiger partial charge in [-0.25, -0.2) is 0 Å². The quantitative estimate of drug-likeness (QED) is 0.496. The fourth-order valence-corrected chi connectivity index (χ4v) is 2.82. The molecule has 0 radical (unpaired) electrons. The molecule has 3 nitrogen and oxygen atoms in total. The lowest BCUT2D eigenvalue weighted by Gasteiger charge is -2.45. The number of nitrogens with zero attached hydrogens (tertiary/aromatic N) is 1. The first-order valence-corrected chi connectivity index (χ1v) is 5.27. The van der Waals surface area contributed by atoms with E-state index in [0.717, 1.165) is 11.3 Å². The molecule has 0 aromatic heterocycles. The van der Waals surface area contributed by atoms with E-state index >= 15 is 0 Å². The van der Waals surface area contributed by atoms with Gasteiger partial charge in [0.1, 0.15) is 11.4 Å². The summed E-state index contributed by atoms with van der Waals surface area (Å²) in [5.41, 5.74) is 6.68. The number of fused-ring (bicyclic) bond motifs is 1. The van der Waals surface area contributed by atoms with Crippen LogP contribution in [0.2, 0.25) is 0 Å². The molecule has 1 unspecified atom stereocenters. The average Bonchev–Trinajstić information content (AvgIpc) is 2.15. The standard InChI is InChI=1S/C7H9ClN2OS/c8-1-4-2-10-6(11)5(9)7(10)12-3-4/h2,5,7H,1,3,9H2/t5?,7-/m1/s1. The van der Waals surface area contributed by atoms with Crippen molar-refractivity contribution in [3.8, 4) is 0 Å². The van der Waals surface area contributed by atoms with E-state index in [2.05, 4.69) is 0 Å². The van der Waals surface area contributed by atoms with Gasteiger partial charge in [0.2, 0.25) is 5.91 Å². The number of carbonyl (C=O) groups is 1. The molecule has 2 aliphatic rings. The van der Waals surface area contributed by atoms with Gasteiger partial charge in [-0.3, -0.25) is 4.79 Å². The molecule has 2 rings (SSSR count). The van der Waals surface area contributed by atoms with E-state index in [1.54, 1.807) is 16.7 Å². The van der Waals surface area contributed by atoms with Crippen LogP contribution in [0.3, 0.4) is 0 Å². The van der Waals surface area contributed by atoms with Gasteiger partial charge in [0.25, 0.3) is 0 Å². The number of hydrogen-bond acceptors (Lipinski definition) is 3. The van der Waals surface area contributed by atoms with Crippen LogP contribution in [0, 0.1) is 0 Å². The maximum atomic E-state index is 11.2. The molecule has 0 aromatic carbocycles. The van der Waals surface area contributed by atoms with Gasteiger partial charge in [0.15, 0.2) is 0 Å². The fraction of sp³-hybridized carbons (Fsp3) is 0.571. The Labute approximate surface area is 79.9 Å². The molecule has 1 saturated heterocycles. The number of nitrogens with two attached hydrogens (primary N) is 1. The normalized spacial score (nSPS) is 34.0. The zero-order chi connectivity index (χ0) is 8.72. The zero-order valence-corrected chi connectivity index (χ0v) is 7.94. The maximum absolute atomic E-state index is 11.2. The predicted molar refractivity (Wildman–Crippen MR) is 49.9 cm³/mol. The lowest BCUT2D eigenvalue weighted by atomic mass is 10.1. The summed E-state index contributed by atoms with van der Waals surface area (Å²) in [4.78, 5) is 12.8. The van der Waals surface area contributed by atoms with Crippen molar-refractivity contribution in [1.82, 2.24) is 4.90 Å². The van der Waals surface area contributed by atoms with Crippen LogP contribution in [0.4, 0.5) is 0 Å². The minimum absolute atomic E-state index is 0.00909. The molecule has 2 aliphatic heterocycles. The molecule has 2 heterocycles. The van der Waals surface area contributed by atoms with Crippen molar-refractivity contribution in [2.75, 3.05) is 11.6 Å². The number of halogens is 1. The van der Waals surface area contributed by atoms with Crippen LogP contribution in [0.1, 0.15) is 0 Å². The van der Waals surface area contributed by atoms with Crippen molar-refractivity contribution in [3.05, 3.63) is 11.8 Å². The molecule has 0 saturated carbocycles. The Morgan fingerprint density at radius 1 is 1.83 bits per heavy atom. The van der Waals surface area contributed by atoms with Gasteiger partial charge in [-0.15, -0.1) is 23.4 Å². The number of thioether (sulfide) groups is 1. The summed E-state index contributed by atoms with van der Waals surface area (Å²) >= 11 is 7.34. The smallest absolute Gasteiger partial charge is 0.247 e. The van der Waals surface area contributed by atoms with E-state index in [4.69, 9.17) is 17.3 Å². The first-order chi connectivity index (χ1) is 5.74. The number of hydrogen-bond donors (Lipinski definition) is 1. The second kappa shape index (κ2) is 2.94. The minimum atomic E-state index is -0.303. The number of β-lactam (4-membered cyclic amide) rings is 1. The summed E-state index contributed by atoms with van der Waals surface area (Å²) in [5, 5.41) is 0.157. The first kappa shape index (κ1) is 8.41. The molecule has 0 bridgehead atoms. The topological polar surface area (TPSA) is 46.3 Å². The van der Waals surface area contributed by atoms with Crippen molar-refractivity contribution in [1.29, 1.82) is 0 Å². The number of amides is 1. The monoisotopic (exact) mass is 204 g/mol. The highest BCUT2D eigenvalue weighted by Gasteiger charge is 2.45. The van der Waals surface area contributed by atoms with Gasteiger partial charge in [-0.2, -0.15) is 0 Å². The second-order valence-electron chi connectivity index (χ2n) is 2.89. The third kappa shape index (κ3) is 1.06. The summed E-state index contributed by atoms with van der Waals surface area (Å²) in [6.07, 6.45) is 1.83. The second-order valence-corrected chi connectivity index (χ2v) is 4.27. The molecular formula is C7H9ClN2OS. The highest BCUT2D eigenvalue weighted by atomic mass is 35.5. The first-order valence-electron chi connectivity index (χ1n) is 3.69. The van der Waals surface area contributed by atoms with Crippen LogP contribution in [0.25, 0.3) is 0 Å². The van der Waals surface area contributed by atoms with Crippen LogP contribution >= 0.6 is 23.4 Å². The lowest BCUT2D eigenvalue weighted by Crippen LogP contribution is -2.66. The molecular weight excluding hydrogens is 196 g/mol. The van der Waals surface area contributed by atoms with Crippen LogP contribution in [-0.2, 0) is 4.79 Å². The van der Waals surface area contributed by atoms with Crippen molar-refractivity contribution in [2.45, 2.75) is 11.4 Å². The average molecular weight is 205 g/mol. The van der Waals surface area contributed by atoms with Crippen LogP contribution in [0.5, 0.6) is 0 Å². The van der Waals surface area contributed by atoms with E-state index in [-0.39, 0.29) is 17.3 Å². The Balaban J connectivity index is 2.15. The zero-order valence-electron chi connectivity index (χ0n) is 6.37. The Morgan fingerprint density at radius 2 is 2.58 bits per heavy atom. The Kier molecular flexibility index (Phi) is 2.06. The third-order valence-corrected chi connectivity index (χ3v) is 3.80. The molecule has 0 aromatic rings. The minimum Gasteiger partial charge on any atom is -0.317 e. The fourth-order valence-electron chi connectivity index (χ4n) is 1.33. The molecule has 12 heavy (non-hydrogen) atoms. The molecule has 66 valence electrons. The summed E-state index contributed by atoms with van der Waals surface area (Å²) in [7, 11) is 0. The number of carbonyl (C=O) groups excluding carboxylic acids is 1. The van der Waals surface area contributed by atoms with Crippen LogP contribution < -0.4 is 5.73 Å². The Morgan fingerprint density at radius 3 is 3.25 bits per heavy atom. The van der Waals surface area contributed by atoms with Gasteiger partial charge >= 0.3 is 0 Å². The van der Waals surface area contributed by atoms with Crippen molar-refractivity contribution in [3.63, 3.8) is 0 Å². The van der Waals surface area contributed by atoms with Crippen LogP contribution in [-0.4, -0.2) is 33.9 Å². The van der Waals surface area contributed by atoms with Crippen molar-refractivity contribution >= 4 is 29.3 Å². The van der Waals surface area contributed by atoms with Gasteiger partial charge < -0.3 is 10.6 Å². The SMILES string of the molecule is NC1C(=O)N2C=C(CCl)CS[C@H]12. The summed E-state index contributed by atoms with van der Waals surface area (Å²) in [6.45, 7) is 0. The van der Waals surface area contributed by atoms with Gasteiger partial charge in [0, 0.05) is 17.8 Å². The van der Waals surface area contributed by atoms with E-state index in [9.17, 15) is 4.79 Å². The van der Waals surface area contributed by atoms with Crippen molar-refractivity contribution < 1.29 is 4.79 Å². The van der Waals surface area contributed by atoms with E-state index in [1.807, 2.05) is 6.20 Å².